The van der Waals surface area contributed by atoms with Gasteiger partial charge in [-0.3, -0.25) is 4.90 Å². The summed E-state index contributed by atoms with van der Waals surface area (Å²) < 4.78 is 22.8. The Kier molecular flexibility index (Phi) is 2.72. The van der Waals surface area contributed by atoms with Crippen molar-refractivity contribution >= 4 is 9.84 Å². The topological polar surface area (TPSA) is 49.4 Å². The van der Waals surface area contributed by atoms with Crippen molar-refractivity contribution in [3.05, 3.63) is 0 Å². The maximum absolute atomic E-state index is 11.4. The van der Waals surface area contributed by atoms with Crippen molar-refractivity contribution < 1.29 is 8.42 Å². The third kappa shape index (κ3) is 2.00. The van der Waals surface area contributed by atoms with E-state index in [1.807, 2.05) is 0 Å². The van der Waals surface area contributed by atoms with E-state index in [1.165, 1.54) is 32.4 Å². The monoisotopic (exact) mass is 244 g/mol. The van der Waals surface area contributed by atoms with Gasteiger partial charge in [0.15, 0.2) is 9.84 Å². The predicted molar refractivity (Wildman–Crippen MR) is 63.2 cm³/mol. The van der Waals surface area contributed by atoms with E-state index in [4.69, 9.17) is 0 Å². The Balaban J connectivity index is 1.59. The van der Waals surface area contributed by atoms with Crippen molar-refractivity contribution in [1.29, 1.82) is 0 Å². The molecule has 3 fully saturated rings. The van der Waals surface area contributed by atoms with E-state index in [0.717, 1.165) is 6.42 Å². The molecule has 0 amide bonds. The molecule has 0 aliphatic carbocycles. The van der Waals surface area contributed by atoms with Crippen molar-refractivity contribution in [3.8, 4) is 0 Å². The SMILES string of the molecule is O=S1(=O)CCC(NC2CCN3CCCC23)C1. The smallest absolute Gasteiger partial charge is 0.151 e. The van der Waals surface area contributed by atoms with Crippen molar-refractivity contribution in [1.82, 2.24) is 10.2 Å². The highest BCUT2D eigenvalue weighted by molar-refractivity contribution is 7.91. The molecule has 3 atom stereocenters. The fourth-order valence-electron chi connectivity index (χ4n) is 3.51. The summed E-state index contributed by atoms with van der Waals surface area (Å²) in [7, 11) is -2.74. The number of sulfone groups is 1. The Morgan fingerprint density at radius 2 is 2.00 bits per heavy atom. The van der Waals surface area contributed by atoms with Crippen LogP contribution in [-0.4, -0.2) is 56.0 Å². The van der Waals surface area contributed by atoms with Crippen molar-refractivity contribution in [3.63, 3.8) is 0 Å². The Bertz CT molecular complexity index is 368. The van der Waals surface area contributed by atoms with Gasteiger partial charge in [-0.05, 0) is 32.2 Å². The third-order valence-corrected chi connectivity index (χ3v) is 6.06. The molecule has 0 aromatic rings. The maximum atomic E-state index is 11.4. The molecule has 0 saturated carbocycles. The zero-order chi connectivity index (χ0) is 11.2. The molecule has 0 aromatic heterocycles. The van der Waals surface area contributed by atoms with Crippen LogP contribution in [0.3, 0.4) is 0 Å². The number of fused-ring (bicyclic) bond motifs is 1. The minimum Gasteiger partial charge on any atom is -0.309 e. The molecular weight excluding hydrogens is 224 g/mol. The van der Waals surface area contributed by atoms with Crippen LogP contribution in [0.4, 0.5) is 0 Å². The second-order valence-electron chi connectivity index (χ2n) is 5.41. The molecule has 1 N–H and O–H groups in total. The van der Waals surface area contributed by atoms with Gasteiger partial charge in [-0.25, -0.2) is 8.42 Å². The minimum atomic E-state index is -2.74. The molecule has 92 valence electrons. The van der Waals surface area contributed by atoms with Crippen LogP contribution in [0.1, 0.15) is 25.7 Å². The van der Waals surface area contributed by atoms with Gasteiger partial charge in [-0.1, -0.05) is 0 Å². The largest absolute Gasteiger partial charge is 0.309 e. The lowest BCUT2D eigenvalue weighted by Crippen LogP contribution is -2.45. The lowest BCUT2D eigenvalue weighted by Gasteiger charge is -2.24. The number of nitrogens with zero attached hydrogens (tertiary/aromatic N) is 1. The van der Waals surface area contributed by atoms with Crippen LogP contribution in [-0.2, 0) is 9.84 Å². The first-order valence-corrected chi connectivity index (χ1v) is 8.17. The maximum Gasteiger partial charge on any atom is 0.151 e. The standard InChI is InChI=1S/C11H20N2O2S/c14-16(15)7-4-9(8-16)12-10-3-6-13-5-1-2-11(10)13/h9-12H,1-8H2. The molecule has 3 heterocycles. The summed E-state index contributed by atoms with van der Waals surface area (Å²) in [5.41, 5.74) is 0. The first-order valence-electron chi connectivity index (χ1n) is 6.35. The van der Waals surface area contributed by atoms with E-state index in [1.54, 1.807) is 0 Å². The van der Waals surface area contributed by atoms with Gasteiger partial charge in [0.25, 0.3) is 0 Å². The summed E-state index contributed by atoms with van der Waals surface area (Å²) in [6.45, 7) is 2.44. The van der Waals surface area contributed by atoms with Crippen molar-refractivity contribution in [2.45, 2.75) is 43.8 Å². The number of hydrogen-bond acceptors (Lipinski definition) is 4. The first-order chi connectivity index (χ1) is 7.64. The van der Waals surface area contributed by atoms with Crippen LogP contribution in [0.5, 0.6) is 0 Å². The minimum absolute atomic E-state index is 0.218. The average Bonchev–Trinajstić information content (AvgIpc) is 2.84. The highest BCUT2D eigenvalue weighted by atomic mass is 32.2. The van der Waals surface area contributed by atoms with E-state index in [-0.39, 0.29) is 6.04 Å². The molecule has 0 aromatic carbocycles. The quantitative estimate of drug-likeness (QED) is 0.743. The summed E-state index contributed by atoms with van der Waals surface area (Å²) in [6, 6.07) is 1.44. The second-order valence-corrected chi connectivity index (χ2v) is 7.64. The number of rotatable bonds is 2. The summed E-state index contributed by atoms with van der Waals surface area (Å²) in [5.74, 6) is 0.738. The fourth-order valence-corrected chi connectivity index (χ4v) is 5.19. The number of nitrogens with one attached hydrogen (secondary N) is 1. The fraction of sp³-hybridized carbons (Fsp3) is 1.00. The van der Waals surface area contributed by atoms with Gasteiger partial charge in [0.1, 0.15) is 0 Å². The predicted octanol–water partition coefficient (Wildman–Crippen LogP) is -0.000200. The lowest BCUT2D eigenvalue weighted by molar-refractivity contribution is 0.291. The van der Waals surface area contributed by atoms with E-state index in [9.17, 15) is 8.42 Å². The van der Waals surface area contributed by atoms with Crippen LogP contribution in [0.2, 0.25) is 0 Å². The summed E-state index contributed by atoms with van der Waals surface area (Å²) in [5, 5.41) is 3.58. The Labute approximate surface area is 97.3 Å². The van der Waals surface area contributed by atoms with E-state index in [2.05, 4.69) is 10.2 Å². The molecule has 16 heavy (non-hydrogen) atoms. The van der Waals surface area contributed by atoms with Crippen LogP contribution in [0.15, 0.2) is 0 Å². The number of hydrogen-bond donors (Lipinski definition) is 1. The van der Waals surface area contributed by atoms with E-state index in [0.29, 0.717) is 23.6 Å². The van der Waals surface area contributed by atoms with Gasteiger partial charge in [0.2, 0.25) is 0 Å². The molecule has 0 spiro atoms. The molecule has 5 heteroatoms. The third-order valence-electron chi connectivity index (χ3n) is 4.29. The zero-order valence-electron chi connectivity index (χ0n) is 9.56. The molecule has 3 saturated heterocycles. The van der Waals surface area contributed by atoms with Gasteiger partial charge in [-0.15, -0.1) is 0 Å². The van der Waals surface area contributed by atoms with Gasteiger partial charge in [0, 0.05) is 24.7 Å². The van der Waals surface area contributed by atoms with Gasteiger partial charge < -0.3 is 5.32 Å². The molecule has 3 aliphatic heterocycles. The normalized spacial score (nSPS) is 42.6. The van der Waals surface area contributed by atoms with E-state index >= 15 is 0 Å². The van der Waals surface area contributed by atoms with Gasteiger partial charge in [0.05, 0.1) is 11.5 Å². The van der Waals surface area contributed by atoms with Gasteiger partial charge >= 0.3 is 0 Å². The Morgan fingerprint density at radius 1 is 1.12 bits per heavy atom. The Hall–Kier alpha value is -0.130. The Morgan fingerprint density at radius 3 is 2.75 bits per heavy atom. The first kappa shape index (κ1) is 11.0. The lowest BCUT2D eigenvalue weighted by atomic mass is 10.1. The van der Waals surface area contributed by atoms with Crippen LogP contribution >= 0.6 is 0 Å². The van der Waals surface area contributed by atoms with Gasteiger partial charge in [-0.2, -0.15) is 0 Å². The molecule has 0 radical (unpaired) electrons. The average molecular weight is 244 g/mol. The summed E-state index contributed by atoms with van der Waals surface area (Å²) >= 11 is 0. The summed E-state index contributed by atoms with van der Waals surface area (Å²) in [4.78, 5) is 2.56. The van der Waals surface area contributed by atoms with Crippen LogP contribution in [0, 0.1) is 0 Å². The van der Waals surface area contributed by atoms with Crippen molar-refractivity contribution in [2.75, 3.05) is 24.6 Å². The zero-order valence-corrected chi connectivity index (χ0v) is 10.4. The molecule has 3 aliphatic rings. The van der Waals surface area contributed by atoms with Crippen molar-refractivity contribution in [2.24, 2.45) is 0 Å². The molecule has 0 bridgehead atoms. The highest BCUT2D eigenvalue weighted by Gasteiger charge is 2.39. The highest BCUT2D eigenvalue weighted by Crippen LogP contribution is 2.28. The summed E-state index contributed by atoms with van der Waals surface area (Å²) in [6.07, 6.45) is 4.61. The molecular formula is C11H20N2O2S. The van der Waals surface area contributed by atoms with E-state index < -0.39 is 9.84 Å². The van der Waals surface area contributed by atoms with Crippen LogP contribution < -0.4 is 5.32 Å². The molecule has 4 nitrogen and oxygen atoms in total. The second kappa shape index (κ2) is 3.96. The van der Waals surface area contributed by atoms with Crippen LogP contribution in [0.25, 0.3) is 0 Å². The molecule has 3 rings (SSSR count). The molecule has 3 unspecified atom stereocenters.